The molecule has 1 aromatic carbocycles. The van der Waals surface area contributed by atoms with E-state index in [0.29, 0.717) is 22.9 Å². The van der Waals surface area contributed by atoms with Gasteiger partial charge in [0.05, 0.1) is 16.3 Å². The first-order valence-electron chi connectivity index (χ1n) is 9.66. The molecule has 154 valence electrons. The van der Waals surface area contributed by atoms with Crippen LogP contribution in [0, 0.1) is 0 Å². The predicted molar refractivity (Wildman–Crippen MR) is 110 cm³/mol. The first-order valence-corrected chi connectivity index (χ1v) is 12.0. The Morgan fingerprint density at radius 1 is 1.03 bits per heavy atom. The number of aryl methyl sites for hydroxylation is 2. The van der Waals surface area contributed by atoms with Crippen LogP contribution in [0.3, 0.4) is 0 Å². The summed E-state index contributed by atoms with van der Waals surface area (Å²) in [5.41, 5.74) is 2.37. The highest BCUT2D eigenvalue weighted by Gasteiger charge is 2.30. The fourth-order valence-electron chi connectivity index (χ4n) is 3.80. The second-order valence-electron chi connectivity index (χ2n) is 7.23. The van der Waals surface area contributed by atoms with Crippen LogP contribution in [0.5, 0.6) is 0 Å². The van der Waals surface area contributed by atoms with Gasteiger partial charge in [-0.3, -0.25) is 9.59 Å². The van der Waals surface area contributed by atoms with Gasteiger partial charge in [0, 0.05) is 26.2 Å². The minimum Gasteiger partial charge on any atom is -0.342 e. The topological polar surface area (TPSA) is 86.8 Å². The van der Waals surface area contributed by atoms with Gasteiger partial charge in [-0.25, -0.2) is 8.42 Å². The van der Waals surface area contributed by atoms with Crippen LogP contribution >= 0.6 is 11.3 Å². The molecule has 2 aliphatic rings. The van der Waals surface area contributed by atoms with E-state index in [1.165, 1.54) is 21.2 Å². The van der Waals surface area contributed by atoms with Crippen LogP contribution in [0.15, 0.2) is 40.6 Å². The van der Waals surface area contributed by atoms with Crippen LogP contribution in [0.4, 0.5) is 0 Å². The zero-order valence-electron chi connectivity index (χ0n) is 16.0. The summed E-state index contributed by atoms with van der Waals surface area (Å²) in [4.78, 5) is 26.8. The van der Waals surface area contributed by atoms with Crippen molar-refractivity contribution in [1.82, 2.24) is 14.5 Å². The quantitative estimate of drug-likeness (QED) is 0.774. The van der Waals surface area contributed by atoms with E-state index < -0.39 is 10.0 Å². The second-order valence-corrected chi connectivity index (χ2v) is 10.1. The molecule has 1 aromatic heterocycles. The monoisotopic (exact) mass is 433 g/mol. The number of amides is 2. The molecule has 0 saturated carbocycles. The van der Waals surface area contributed by atoms with E-state index >= 15 is 0 Å². The Hall–Kier alpha value is -2.23. The van der Waals surface area contributed by atoms with E-state index in [-0.39, 0.29) is 31.4 Å². The van der Waals surface area contributed by atoms with Crippen molar-refractivity contribution in [2.75, 3.05) is 32.7 Å². The number of sulfonamides is 1. The van der Waals surface area contributed by atoms with Gasteiger partial charge < -0.3 is 10.2 Å². The number of hydrogen-bond donors (Lipinski definition) is 1. The van der Waals surface area contributed by atoms with E-state index in [0.717, 1.165) is 24.8 Å². The third-order valence-corrected chi connectivity index (χ3v) is 8.21. The van der Waals surface area contributed by atoms with Crippen LogP contribution in [0.1, 0.15) is 27.2 Å². The molecule has 0 spiro atoms. The number of benzene rings is 1. The van der Waals surface area contributed by atoms with E-state index in [9.17, 15) is 18.0 Å². The van der Waals surface area contributed by atoms with Crippen LogP contribution in [0.2, 0.25) is 0 Å². The lowest BCUT2D eigenvalue weighted by atomic mass is 10.1. The number of rotatable bonds is 5. The molecule has 29 heavy (non-hydrogen) atoms. The molecule has 0 bridgehead atoms. The Morgan fingerprint density at radius 3 is 2.52 bits per heavy atom. The minimum atomic E-state index is -3.56. The molecule has 0 unspecified atom stereocenters. The standard InChI is InChI=1S/C20H23N3O4S2/c24-19(14-21-20(25)18-5-2-12-28-18)22-8-10-23(11-9-22)29(26,27)17-7-6-15-3-1-4-16(15)13-17/h2,5-7,12-13H,1,3-4,8-11,14H2,(H,21,25). The van der Waals surface area contributed by atoms with Gasteiger partial charge in [-0.2, -0.15) is 4.31 Å². The molecule has 0 atom stereocenters. The maximum atomic E-state index is 13.0. The lowest BCUT2D eigenvalue weighted by Gasteiger charge is -2.34. The van der Waals surface area contributed by atoms with Crippen molar-refractivity contribution in [2.24, 2.45) is 0 Å². The van der Waals surface area contributed by atoms with Gasteiger partial charge >= 0.3 is 0 Å². The number of thiophene rings is 1. The van der Waals surface area contributed by atoms with Crippen molar-refractivity contribution in [1.29, 1.82) is 0 Å². The first-order chi connectivity index (χ1) is 13.9. The maximum Gasteiger partial charge on any atom is 0.261 e. The molecule has 2 aromatic rings. The number of hydrogen-bond acceptors (Lipinski definition) is 5. The number of carbonyl (C=O) groups excluding carboxylic acids is 2. The average molecular weight is 434 g/mol. The summed E-state index contributed by atoms with van der Waals surface area (Å²) in [6.45, 7) is 1.05. The van der Waals surface area contributed by atoms with Crippen molar-refractivity contribution in [3.63, 3.8) is 0 Å². The SMILES string of the molecule is O=C(NCC(=O)N1CCN(S(=O)(=O)c2ccc3c(c2)CCC3)CC1)c1cccs1. The first kappa shape index (κ1) is 20.1. The van der Waals surface area contributed by atoms with Gasteiger partial charge in [0.25, 0.3) is 5.91 Å². The molecule has 2 heterocycles. The average Bonchev–Trinajstić information content (AvgIpc) is 3.43. The molecule has 1 aliphatic carbocycles. The molecule has 1 N–H and O–H groups in total. The maximum absolute atomic E-state index is 13.0. The van der Waals surface area contributed by atoms with Gasteiger partial charge in [0.2, 0.25) is 15.9 Å². The number of piperazine rings is 1. The fourth-order valence-corrected chi connectivity index (χ4v) is 5.91. The zero-order valence-corrected chi connectivity index (χ0v) is 17.6. The molecule has 1 fully saturated rings. The highest BCUT2D eigenvalue weighted by atomic mass is 32.2. The Bertz CT molecular complexity index is 1010. The zero-order chi connectivity index (χ0) is 20.4. The van der Waals surface area contributed by atoms with Gasteiger partial charge in [0.15, 0.2) is 0 Å². The molecule has 4 rings (SSSR count). The summed E-state index contributed by atoms with van der Waals surface area (Å²) >= 11 is 1.32. The summed E-state index contributed by atoms with van der Waals surface area (Å²) in [6.07, 6.45) is 3.01. The van der Waals surface area contributed by atoms with E-state index in [4.69, 9.17) is 0 Å². The number of nitrogens with zero attached hydrogens (tertiary/aromatic N) is 2. The van der Waals surface area contributed by atoms with Crippen molar-refractivity contribution in [3.8, 4) is 0 Å². The van der Waals surface area contributed by atoms with Crippen molar-refractivity contribution >= 4 is 33.2 Å². The minimum absolute atomic E-state index is 0.0890. The van der Waals surface area contributed by atoms with E-state index in [2.05, 4.69) is 5.32 Å². The number of nitrogens with one attached hydrogen (secondary N) is 1. The highest BCUT2D eigenvalue weighted by molar-refractivity contribution is 7.89. The van der Waals surface area contributed by atoms with Gasteiger partial charge in [0.1, 0.15) is 0 Å². The van der Waals surface area contributed by atoms with Crippen molar-refractivity contribution < 1.29 is 18.0 Å². The molecular weight excluding hydrogens is 410 g/mol. The molecule has 2 amide bonds. The third kappa shape index (κ3) is 4.22. The molecule has 1 saturated heterocycles. The summed E-state index contributed by atoms with van der Waals surface area (Å²) in [5, 5.41) is 4.42. The summed E-state index contributed by atoms with van der Waals surface area (Å²) in [5.74, 6) is -0.476. The van der Waals surface area contributed by atoms with Crippen LogP contribution < -0.4 is 5.32 Å². The van der Waals surface area contributed by atoms with Gasteiger partial charge in [-0.15, -0.1) is 11.3 Å². The van der Waals surface area contributed by atoms with Crippen LogP contribution in [-0.4, -0.2) is 62.2 Å². The van der Waals surface area contributed by atoms with Crippen molar-refractivity contribution in [3.05, 3.63) is 51.7 Å². The van der Waals surface area contributed by atoms with Crippen LogP contribution in [0.25, 0.3) is 0 Å². The third-order valence-electron chi connectivity index (χ3n) is 5.44. The Balaban J connectivity index is 1.32. The van der Waals surface area contributed by atoms with E-state index in [1.807, 2.05) is 6.07 Å². The van der Waals surface area contributed by atoms with Gasteiger partial charge in [-0.05, 0) is 54.0 Å². The normalized spacial score (nSPS) is 17.2. The van der Waals surface area contributed by atoms with Crippen LogP contribution in [-0.2, 0) is 27.7 Å². The molecular formula is C20H23N3O4S2. The Labute approximate surface area is 174 Å². The summed E-state index contributed by atoms with van der Waals surface area (Å²) in [7, 11) is -3.56. The Morgan fingerprint density at radius 2 is 1.79 bits per heavy atom. The number of carbonyl (C=O) groups is 2. The predicted octanol–water partition coefficient (Wildman–Crippen LogP) is 1.50. The molecule has 9 heteroatoms. The van der Waals surface area contributed by atoms with Crippen molar-refractivity contribution in [2.45, 2.75) is 24.2 Å². The number of fused-ring (bicyclic) bond motifs is 1. The molecule has 1 aliphatic heterocycles. The molecule has 7 nitrogen and oxygen atoms in total. The molecule has 0 radical (unpaired) electrons. The largest absolute Gasteiger partial charge is 0.342 e. The smallest absolute Gasteiger partial charge is 0.261 e. The van der Waals surface area contributed by atoms with E-state index in [1.54, 1.807) is 34.5 Å². The highest BCUT2D eigenvalue weighted by Crippen LogP contribution is 2.26. The second kappa shape index (κ2) is 8.25. The fraction of sp³-hybridized carbons (Fsp3) is 0.400. The lowest BCUT2D eigenvalue weighted by molar-refractivity contribution is -0.131. The summed E-state index contributed by atoms with van der Waals surface area (Å²) in [6, 6.07) is 8.90. The lowest BCUT2D eigenvalue weighted by Crippen LogP contribution is -2.52. The summed E-state index contributed by atoms with van der Waals surface area (Å²) < 4.78 is 27.4. The Kier molecular flexibility index (Phi) is 5.71. The van der Waals surface area contributed by atoms with Gasteiger partial charge in [-0.1, -0.05) is 12.1 Å².